The molecule has 1 aliphatic heterocycles. The molecule has 0 aromatic heterocycles. The number of nitrogens with zero attached hydrogens (tertiary/aromatic N) is 1. The predicted octanol–water partition coefficient (Wildman–Crippen LogP) is 7.02. The van der Waals surface area contributed by atoms with Crippen molar-refractivity contribution in [1.82, 2.24) is 5.32 Å². The number of carbonyl (C=O) groups is 2. The molecule has 4 nitrogen and oxygen atoms in total. The number of carbonyl (C=O) groups excluding carboxylic acids is 2. The Morgan fingerprint density at radius 3 is 2.20 bits per heavy atom. The minimum absolute atomic E-state index is 0.0274. The molecule has 1 heterocycles. The lowest BCUT2D eigenvalue weighted by Gasteiger charge is -2.29. The van der Waals surface area contributed by atoms with Crippen molar-refractivity contribution in [3.63, 3.8) is 0 Å². The summed E-state index contributed by atoms with van der Waals surface area (Å²) in [6, 6.07) is 27.5. The lowest BCUT2D eigenvalue weighted by Crippen LogP contribution is -2.27. The molecule has 0 spiro atoms. The van der Waals surface area contributed by atoms with Crippen molar-refractivity contribution in [2.45, 2.75) is 19.8 Å². The molecule has 0 bridgehead atoms. The third kappa shape index (κ3) is 5.48. The number of dihydropyridines is 1. The zero-order chi connectivity index (χ0) is 24.9. The average Bonchev–Trinajstić information content (AvgIpc) is 2.87. The SMILES string of the molecule is CC(=O)C1=C(C)NC(SCC(=O)c2ccc(-c3ccccc3)cc2)=C(C#N)[C@H]1c1ccc(Br)cc1. The van der Waals surface area contributed by atoms with Crippen LogP contribution in [0.25, 0.3) is 11.1 Å². The smallest absolute Gasteiger partial charge is 0.173 e. The summed E-state index contributed by atoms with van der Waals surface area (Å²) >= 11 is 4.73. The second kappa shape index (κ2) is 10.9. The van der Waals surface area contributed by atoms with E-state index in [4.69, 9.17) is 0 Å². The molecular formula is C29H23BrN2O2S. The van der Waals surface area contributed by atoms with Crippen molar-refractivity contribution >= 4 is 39.3 Å². The van der Waals surface area contributed by atoms with Gasteiger partial charge in [0.1, 0.15) is 0 Å². The van der Waals surface area contributed by atoms with Crippen molar-refractivity contribution < 1.29 is 9.59 Å². The molecule has 6 heteroatoms. The van der Waals surface area contributed by atoms with E-state index < -0.39 is 5.92 Å². The molecule has 3 aromatic carbocycles. The molecule has 4 rings (SSSR count). The number of hydrogen-bond donors (Lipinski definition) is 1. The van der Waals surface area contributed by atoms with E-state index in [1.54, 1.807) is 0 Å². The zero-order valence-corrected chi connectivity index (χ0v) is 21.7. The van der Waals surface area contributed by atoms with Crippen LogP contribution in [0.1, 0.15) is 35.7 Å². The Kier molecular flexibility index (Phi) is 7.70. The number of benzene rings is 3. The molecule has 0 aliphatic carbocycles. The highest BCUT2D eigenvalue weighted by atomic mass is 79.9. The van der Waals surface area contributed by atoms with Crippen molar-refractivity contribution in [1.29, 1.82) is 5.26 Å². The average molecular weight is 543 g/mol. The maximum absolute atomic E-state index is 12.9. The molecule has 1 atom stereocenters. The second-order valence-electron chi connectivity index (χ2n) is 8.21. The van der Waals surface area contributed by atoms with E-state index in [1.165, 1.54) is 18.7 Å². The number of nitriles is 1. The fraction of sp³-hybridized carbons (Fsp3) is 0.138. The normalized spacial score (nSPS) is 15.4. The van der Waals surface area contributed by atoms with Crippen LogP contribution in [0.3, 0.4) is 0 Å². The number of rotatable bonds is 7. The molecule has 1 aliphatic rings. The summed E-state index contributed by atoms with van der Waals surface area (Å²) in [5.74, 6) is -0.419. The molecule has 0 saturated carbocycles. The summed E-state index contributed by atoms with van der Waals surface area (Å²) in [5.41, 5.74) is 5.33. The van der Waals surface area contributed by atoms with Gasteiger partial charge in [-0.2, -0.15) is 5.26 Å². The van der Waals surface area contributed by atoms with Gasteiger partial charge in [-0.3, -0.25) is 9.59 Å². The molecule has 0 radical (unpaired) electrons. The second-order valence-corrected chi connectivity index (χ2v) is 10.1. The van der Waals surface area contributed by atoms with Crippen molar-refractivity contribution in [3.05, 3.63) is 116 Å². The highest BCUT2D eigenvalue weighted by molar-refractivity contribution is 9.10. The molecular weight excluding hydrogens is 520 g/mol. The lowest BCUT2D eigenvalue weighted by atomic mass is 9.81. The fourth-order valence-corrected chi connectivity index (χ4v) is 5.43. The van der Waals surface area contributed by atoms with E-state index in [0.717, 1.165) is 21.2 Å². The molecule has 1 N–H and O–H groups in total. The van der Waals surface area contributed by atoms with Gasteiger partial charge in [-0.25, -0.2) is 0 Å². The number of Topliss-reactive ketones (excluding diaryl/α,β-unsaturated/α-hetero) is 2. The molecule has 35 heavy (non-hydrogen) atoms. The zero-order valence-electron chi connectivity index (χ0n) is 19.3. The van der Waals surface area contributed by atoms with Gasteiger partial charge in [-0.05, 0) is 42.7 Å². The van der Waals surface area contributed by atoms with Crippen molar-refractivity contribution in [2.75, 3.05) is 5.75 Å². The maximum Gasteiger partial charge on any atom is 0.173 e. The Morgan fingerprint density at radius 1 is 0.971 bits per heavy atom. The summed E-state index contributed by atoms with van der Waals surface area (Å²) in [6.45, 7) is 3.35. The highest BCUT2D eigenvalue weighted by Crippen LogP contribution is 2.41. The Labute approximate surface area is 217 Å². The van der Waals surface area contributed by atoms with Crippen LogP contribution in [0.15, 0.2) is 105 Å². The summed E-state index contributed by atoms with van der Waals surface area (Å²) in [7, 11) is 0. The third-order valence-electron chi connectivity index (χ3n) is 5.89. The van der Waals surface area contributed by atoms with Gasteiger partial charge in [-0.1, -0.05) is 94.4 Å². The van der Waals surface area contributed by atoms with Gasteiger partial charge in [0.05, 0.1) is 28.3 Å². The van der Waals surface area contributed by atoms with Crippen LogP contribution in [0.2, 0.25) is 0 Å². The first-order valence-corrected chi connectivity index (χ1v) is 12.9. The van der Waals surface area contributed by atoms with Crippen LogP contribution in [0.4, 0.5) is 0 Å². The van der Waals surface area contributed by atoms with Crippen LogP contribution in [0, 0.1) is 11.3 Å². The topological polar surface area (TPSA) is 70.0 Å². The quantitative estimate of drug-likeness (QED) is 0.325. The van der Waals surface area contributed by atoms with Gasteiger partial charge in [0.2, 0.25) is 0 Å². The standard InChI is InChI=1S/C29H23BrN2O2S/c1-18-27(19(2)33)28(23-12-14-24(30)15-13-23)25(16-31)29(32-18)35-17-26(34)22-10-8-21(9-11-22)20-6-4-3-5-7-20/h3-15,28,32H,17H2,1-2H3/t28-/m1/s1. The van der Waals surface area contributed by atoms with E-state index in [1.807, 2.05) is 85.8 Å². The summed E-state index contributed by atoms with van der Waals surface area (Å²) < 4.78 is 0.918. The van der Waals surface area contributed by atoms with Gasteiger partial charge in [0.15, 0.2) is 11.6 Å². The van der Waals surface area contributed by atoms with Gasteiger partial charge in [0.25, 0.3) is 0 Å². The van der Waals surface area contributed by atoms with Gasteiger partial charge < -0.3 is 5.32 Å². The Hall–Kier alpha value is -3.40. The molecule has 0 amide bonds. The number of allylic oxidation sites excluding steroid dienone is 3. The minimum Gasteiger partial charge on any atom is -0.353 e. The molecule has 3 aromatic rings. The van der Waals surface area contributed by atoms with E-state index >= 15 is 0 Å². The number of nitrogens with one attached hydrogen (secondary N) is 1. The number of halogens is 1. The first-order chi connectivity index (χ1) is 16.9. The number of hydrogen-bond acceptors (Lipinski definition) is 5. The fourth-order valence-electron chi connectivity index (χ4n) is 4.18. The van der Waals surface area contributed by atoms with E-state index in [0.29, 0.717) is 27.4 Å². The van der Waals surface area contributed by atoms with Crippen molar-refractivity contribution in [2.24, 2.45) is 0 Å². The van der Waals surface area contributed by atoms with Gasteiger partial charge in [-0.15, -0.1) is 0 Å². The lowest BCUT2D eigenvalue weighted by molar-refractivity contribution is -0.113. The Balaban J connectivity index is 1.57. The third-order valence-corrected chi connectivity index (χ3v) is 7.44. The van der Waals surface area contributed by atoms with Gasteiger partial charge >= 0.3 is 0 Å². The van der Waals surface area contributed by atoms with Crippen LogP contribution >= 0.6 is 27.7 Å². The first kappa shape index (κ1) is 24.7. The van der Waals surface area contributed by atoms with Crippen LogP contribution in [0.5, 0.6) is 0 Å². The number of thioether (sulfide) groups is 1. The van der Waals surface area contributed by atoms with E-state index in [2.05, 4.69) is 27.3 Å². The Bertz CT molecular complexity index is 1370. The summed E-state index contributed by atoms with van der Waals surface area (Å²) in [6.07, 6.45) is 0. The summed E-state index contributed by atoms with van der Waals surface area (Å²) in [5, 5.41) is 13.9. The van der Waals surface area contributed by atoms with E-state index in [9.17, 15) is 14.9 Å². The van der Waals surface area contributed by atoms with Crippen molar-refractivity contribution in [3.8, 4) is 17.2 Å². The predicted molar refractivity (Wildman–Crippen MR) is 145 cm³/mol. The van der Waals surface area contributed by atoms with E-state index in [-0.39, 0.29) is 17.3 Å². The van der Waals surface area contributed by atoms with Gasteiger partial charge in [0, 0.05) is 21.3 Å². The van der Waals surface area contributed by atoms with Crippen LogP contribution in [-0.4, -0.2) is 17.3 Å². The molecule has 174 valence electrons. The monoisotopic (exact) mass is 542 g/mol. The summed E-state index contributed by atoms with van der Waals surface area (Å²) in [4.78, 5) is 25.5. The highest BCUT2D eigenvalue weighted by Gasteiger charge is 2.33. The van der Waals surface area contributed by atoms with Crippen LogP contribution < -0.4 is 5.32 Å². The van der Waals surface area contributed by atoms with Crippen LogP contribution in [-0.2, 0) is 4.79 Å². The Morgan fingerprint density at radius 2 is 1.60 bits per heavy atom. The first-order valence-electron chi connectivity index (χ1n) is 11.1. The largest absolute Gasteiger partial charge is 0.353 e. The number of ketones is 2. The maximum atomic E-state index is 12.9. The molecule has 0 saturated heterocycles. The molecule has 0 fully saturated rings. The molecule has 0 unspecified atom stereocenters. The minimum atomic E-state index is -0.477.